The Kier molecular flexibility index (Phi) is 7.00. The molecule has 0 spiro atoms. The van der Waals surface area contributed by atoms with E-state index in [1.54, 1.807) is 6.92 Å². The molecule has 1 aliphatic carbocycles. The van der Waals surface area contributed by atoms with Crippen LogP contribution in [0.5, 0.6) is 0 Å². The fourth-order valence-corrected chi connectivity index (χ4v) is 5.59. The number of rotatable bonds is 6. The van der Waals surface area contributed by atoms with Crippen molar-refractivity contribution in [1.82, 2.24) is 5.32 Å². The van der Waals surface area contributed by atoms with E-state index < -0.39 is 22.0 Å². The fraction of sp³-hybridized carbons (Fsp3) is 0.409. The number of carbonyl (C=O) groups is 1. The number of carbonyl (C=O) groups excluding carboxylic acids is 1. The van der Waals surface area contributed by atoms with Crippen LogP contribution in [0.1, 0.15) is 49.4 Å². The molecule has 1 amide bonds. The number of fused-ring (bicyclic) bond motifs is 1. The topological polar surface area (TPSA) is 66.5 Å². The number of halogens is 2. The lowest BCUT2D eigenvalue weighted by Gasteiger charge is -2.29. The van der Waals surface area contributed by atoms with Crippen LogP contribution in [-0.2, 0) is 27.7 Å². The third-order valence-corrected chi connectivity index (χ3v) is 7.10. The Morgan fingerprint density at radius 1 is 1.00 bits per heavy atom. The lowest BCUT2D eigenvalue weighted by atomic mass is 9.89. The summed E-state index contributed by atoms with van der Waals surface area (Å²) in [5.41, 5.74) is 3.96. The van der Waals surface area contributed by atoms with Crippen LogP contribution in [0.2, 0.25) is 10.0 Å². The van der Waals surface area contributed by atoms with Crippen LogP contribution in [0.15, 0.2) is 36.4 Å². The molecule has 0 aromatic heterocycles. The van der Waals surface area contributed by atoms with E-state index >= 15 is 0 Å². The van der Waals surface area contributed by atoms with Gasteiger partial charge in [0.25, 0.3) is 0 Å². The smallest absolute Gasteiger partial charge is 0.244 e. The van der Waals surface area contributed by atoms with E-state index in [0.717, 1.165) is 29.0 Å². The van der Waals surface area contributed by atoms with Crippen molar-refractivity contribution in [2.75, 3.05) is 10.6 Å². The first-order valence-corrected chi connectivity index (χ1v) is 12.5. The summed E-state index contributed by atoms with van der Waals surface area (Å²) < 4.78 is 26.0. The number of benzene rings is 2. The van der Waals surface area contributed by atoms with Gasteiger partial charge in [0, 0.05) is 10.0 Å². The van der Waals surface area contributed by atoms with Crippen molar-refractivity contribution in [3.05, 3.63) is 63.1 Å². The van der Waals surface area contributed by atoms with E-state index in [1.165, 1.54) is 42.2 Å². The first kappa shape index (κ1) is 22.9. The second kappa shape index (κ2) is 9.16. The Labute approximate surface area is 188 Å². The van der Waals surface area contributed by atoms with Crippen LogP contribution in [-0.4, -0.2) is 26.6 Å². The number of amides is 1. The van der Waals surface area contributed by atoms with Crippen molar-refractivity contribution in [2.24, 2.45) is 0 Å². The van der Waals surface area contributed by atoms with E-state index in [2.05, 4.69) is 17.4 Å². The zero-order valence-corrected chi connectivity index (χ0v) is 19.6. The number of hydrogen-bond donors (Lipinski definition) is 1. The minimum atomic E-state index is -3.75. The third kappa shape index (κ3) is 5.29. The maximum Gasteiger partial charge on any atom is 0.244 e. The molecule has 0 fully saturated rings. The number of nitrogens with zero attached hydrogens (tertiary/aromatic N) is 1. The summed E-state index contributed by atoms with van der Waals surface area (Å²) in [5.74, 6) is -0.401. The van der Waals surface area contributed by atoms with Gasteiger partial charge in [0.15, 0.2) is 0 Å². The minimum absolute atomic E-state index is 0.249. The Morgan fingerprint density at radius 2 is 1.60 bits per heavy atom. The van der Waals surface area contributed by atoms with Gasteiger partial charge in [0.05, 0.1) is 18.0 Å². The van der Waals surface area contributed by atoms with Crippen LogP contribution < -0.4 is 9.62 Å². The largest absolute Gasteiger partial charge is 0.348 e. The summed E-state index contributed by atoms with van der Waals surface area (Å²) in [7, 11) is -3.75. The molecule has 5 nitrogen and oxygen atoms in total. The second-order valence-electron chi connectivity index (χ2n) is 7.83. The average molecular weight is 469 g/mol. The van der Waals surface area contributed by atoms with Crippen molar-refractivity contribution in [3.63, 3.8) is 0 Å². The molecule has 1 N–H and O–H groups in total. The molecule has 2 aromatic carbocycles. The van der Waals surface area contributed by atoms with Crippen LogP contribution in [0.4, 0.5) is 5.69 Å². The lowest BCUT2D eigenvalue weighted by molar-refractivity contribution is -0.122. The number of aryl methyl sites for hydroxylation is 2. The van der Waals surface area contributed by atoms with Gasteiger partial charge in [-0.3, -0.25) is 9.10 Å². The Bertz CT molecular complexity index is 1040. The number of sulfonamides is 1. The molecule has 2 aromatic rings. The summed E-state index contributed by atoms with van der Waals surface area (Å²) in [4.78, 5) is 13.0. The average Bonchev–Trinajstić information content (AvgIpc) is 2.65. The van der Waals surface area contributed by atoms with E-state index in [-0.39, 0.29) is 11.7 Å². The van der Waals surface area contributed by atoms with Gasteiger partial charge in [-0.2, -0.15) is 0 Å². The van der Waals surface area contributed by atoms with Crippen LogP contribution in [0, 0.1) is 0 Å². The maximum atomic E-state index is 13.0. The number of nitrogens with one attached hydrogen (secondary N) is 1. The maximum absolute atomic E-state index is 13.0. The summed E-state index contributed by atoms with van der Waals surface area (Å²) in [5, 5.41) is 3.53. The quantitative estimate of drug-likeness (QED) is 0.654. The number of hydrogen-bond acceptors (Lipinski definition) is 3. The van der Waals surface area contributed by atoms with E-state index in [1.807, 2.05) is 13.0 Å². The van der Waals surface area contributed by atoms with Gasteiger partial charge in [-0.05, 0) is 74.4 Å². The summed E-state index contributed by atoms with van der Waals surface area (Å²) in [6.07, 6.45) is 5.60. The normalized spacial score (nSPS) is 15.8. The molecule has 0 heterocycles. The highest BCUT2D eigenvalue weighted by molar-refractivity contribution is 7.92. The van der Waals surface area contributed by atoms with Gasteiger partial charge < -0.3 is 5.32 Å². The molecule has 0 radical (unpaired) electrons. The second-order valence-corrected chi connectivity index (χ2v) is 10.6. The molecule has 2 unspecified atom stereocenters. The molecule has 3 rings (SSSR count). The van der Waals surface area contributed by atoms with Crippen molar-refractivity contribution >= 4 is 44.8 Å². The van der Waals surface area contributed by atoms with Gasteiger partial charge in [-0.15, -0.1) is 0 Å². The molecule has 30 heavy (non-hydrogen) atoms. The van der Waals surface area contributed by atoms with Gasteiger partial charge >= 0.3 is 0 Å². The molecular formula is C22H26Cl2N2O3S. The van der Waals surface area contributed by atoms with Gasteiger partial charge in [0.2, 0.25) is 15.9 Å². The molecular weight excluding hydrogens is 443 g/mol. The van der Waals surface area contributed by atoms with Crippen molar-refractivity contribution in [3.8, 4) is 0 Å². The van der Waals surface area contributed by atoms with Gasteiger partial charge in [-0.25, -0.2) is 8.42 Å². The molecule has 1 aliphatic rings. The van der Waals surface area contributed by atoms with Crippen molar-refractivity contribution in [1.29, 1.82) is 0 Å². The lowest BCUT2D eigenvalue weighted by Crippen LogP contribution is -2.48. The van der Waals surface area contributed by atoms with E-state index in [0.29, 0.717) is 10.0 Å². The number of anilines is 1. The molecule has 0 aliphatic heterocycles. The predicted molar refractivity (Wildman–Crippen MR) is 123 cm³/mol. The van der Waals surface area contributed by atoms with Crippen molar-refractivity contribution < 1.29 is 13.2 Å². The Balaban J connectivity index is 1.81. The van der Waals surface area contributed by atoms with Gasteiger partial charge in [-0.1, -0.05) is 41.4 Å². The molecule has 162 valence electrons. The highest BCUT2D eigenvalue weighted by atomic mass is 35.5. The fourth-order valence-electron chi connectivity index (χ4n) is 3.92. The first-order chi connectivity index (χ1) is 14.1. The highest BCUT2D eigenvalue weighted by Gasteiger charge is 2.30. The third-order valence-electron chi connectivity index (χ3n) is 5.42. The monoisotopic (exact) mass is 468 g/mol. The zero-order chi connectivity index (χ0) is 22.1. The highest BCUT2D eigenvalue weighted by Crippen LogP contribution is 2.29. The van der Waals surface area contributed by atoms with Crippen LogP contribution in [0.25, 0.3) is 0 Å². The summed E-state index contributed by atoms with van der Waals surface area (Å²) in [6.45, 7) is 3.45. The molecule has 0 saturated carbocycles. The van der Waals surface area contributed by atoms with Crippen LogP contribution in [0.3, 0.4) is 0 Å². The van der Waals surface area contributed by atoms with Crippen LogP contribution >= 0.6 is 23.2 Å². The molecule has 2 atom stereocenters. The summed E-state index contributed by atoms with van der Waals surface area (Å²) >= 11 is 12.1. The Morgan fingerprint density at radius 3 is 2.20 bits per heavy atom. The SMILES string of the molecule is CC(NC(=O)C(C)N(c1cc(Cl)cc(Cl)c1)S(C)(=O)=O)c1ccc2c(c1)CCCC2. The first-order valence-electron chi connectivity index (χ1n) is 9.94. The van der Waals surface area contributed by atoms with E-state index in [9.17, 15) is 13.2 Å². The summed E-state index contributed by atoms with van der Waals surface area (Å²) in [6, 6.07) is 9.55. The minimum Gasteiger partial charge on any atom is -0.348 e. The Hall–Kier alpha value is -1.76. The molecule has 0 saturated heterocycles. The van der Waals surface area contributed by atoms with Gasteiger partial charge in [0.1, 0.15) is 6.04 Å². The predicted octanol–water partition coefficient (Wildman–Crippen LogP) is 4.90. The zero-order valence-electron chi connectivity index (χ0n) is 17.3. The molecule has 0 bridgehead atoms. The molecule has 8 heteroatoms. The van der Waals surface area contributed by atoms with Crippen molar-refractivity contribution in [2.45, 2.75) is 51.6 Å². The van der Waals surface area contributed by atoms with E-state index in [4.69, 9.17) is 23.2 Å². The standard InChI is InChI=1S/C22H26Cl2N2O3S/c1-14(17-9-8-16-6-4-5-7-18(16)10-17)25-22(27)15(2)26(30(3,28)29)21-12-19(23)11-20(24)13-21/h8-15H,4-7H2,1-3H3,(H,25,27).